The average molecular weight is 268 g/mol. The van der Waals surface area contributed by atoms with Crippen molar-refractivity contribution >= 4 is 11.9 Å². The van der Waals surface area contributed by atoms with Crippen molar-refractivity contribution in [1.29, 1.82) is 0 Å². The normalized spacial score (nSPS) is 30.9. The molecule has 2 saturated heterocycles. The minimum absolute atomic E-state index is 0.140. The smallest absolute Gasteiger partial charge is 0.311 e. The SMILES string of the molecule is CC1(C(=O)O)CCCN(C(=O)C2(C)CCNCC2)C1. The van der Waals surface area contributed by atoms with E-state index >= 15 is 0 Å². The highest BCUT2D eigenvalue weighted by Gasteiger charge is 2.44. The molecule has 1 atom stereocenters. The summed E-state index contributed by atoms with van der Waals surface area (Å²) in [6.45, 7) is 6.55. The van der Waals surface area contributed by atoms with Crippen LogP contribution in [0.3, 0.4) is 0 Å². The predicted molar refractivity (Wildman–Crippen MR) is 71.8 cm³/mol. The van der Waals surface area contributed by atoms with Gasteiger partial charge >= 0.3 is 5.97 Å². The minimum Gasteiger partial charge on any atom is -0.481 e. The lowest BCUT2D eigenvalue weighted by Crippen LogP contribution is -2.54. The molecule has 2 aliphatic rings. The van der Waals surface area contributed by atoms with Crippen LogP contribution in [0.4, 0.5) is 0 Å². The maximum absolute atomic E-state index is 12.7. The molecule has 2 heterocycles. The first kappa shape index (κ1) is 14.3. The zero-order valence-electron chi connectivity index (χ0n) is 11.9. The summed E-state index contributed by atoms with van der Waals surface area (Å²) in [5, 5.41) is 12.6. The Hall–Kier alpha value is -1.10. The number of piperidine rings is 2. The Morgan fingerprint density at radius 1 is 1.11 bits per heavy atom. The van der Waals surface area contributed by atoms with Crippen molar-refractivity contribution in [2.24, 2.45) is 10.8 Å². The van der Waals surface area contributed by atoms with Crippen molar-refractivity contribution < 1.29 is 14.7 Å². The monoisotopic (exact) mass is 268 g/mol. The van der Waals surface area contributed by atoms with Crippen molar-refractivity contribution in [1.82, 2.24) is 10.2 Å². The van der Waals surface area contributed by atoms with E-state index in [0.29, 0.717) is 19.5 Å². The van der Waals surface area contributed by atoms with E-state index in [2.05, 4.69) is 5.32 Å². The Morgan fingerprint density at radius 3 is 2.32 bits per heavy atom. The number of carboxylic acid groups (broad SMARTS) is 1. The molecule has 19 heavy (non-hydrogen) atoms. The van der Waals surface area contributed by atoms with Gasteiger partial charge in [-0.1, -0.05) is 6.92 Å². The van der Waals surface area contributed by atoms with E-state index in [0.717, 1.165) is 32.4 Å². The summed E-state index contributed by atoms with van der Waals surface area (Å²) in [5.74, 6) is -0.651. The van der Waals surface area contributed by atoms with E-state index in [1.165, 1.54) is 0 Å². The Bertz CT molecular complexity index is 377. The Labute approximate surface area is 114 Å². The number of carbonyl (C=O) groups is 2. The third-order valence-electron chi connectivity index (χ3n) is 4.72. The summed E-state index contributed by atoms with van der Waals surface area (Å²) in [7, 11) is 0. The molecule has 2 fully saturated rings. The molecule has 2 aliphatic heterocycles. The molecule has 2 N–H and O–H groups in total. The summed E-state index contributed by atoms with van der Waals surface area (Å²) < 4.78 is 0. The molecule has 1 unspecified atom stereocenters. The first-order valence-electron chi connectivity index (χ1n) is 7.11. The number of carboxylic acids is 1. The molecule has 0 radical (unpaired) electrons. The summed E-state index contributed by atoms with van der Waals surface area (Å²) in [4.78, 5) is 25.8. The fraction of sp³-hybridized carbons (Fsp3) is 0.857. The maximum Gasteiger partial charge on any atom is 0.311 e. The van der Waals surface area contributed by atoms with Gasteiger partial charge in [0.05, 0.1) is 5.41 Å². The largest absolute Gasteiger partial charge is 0.481 e. The van der Waals surface area contributed by atoms with Crippen LogP contribution in [0.25, 0.3) is 0 Å². The number of rotatable bonds is 2. The van der Waals surface area contributed by atoms with Gasteiger partial charge in [-0.05, 0) is 45.7 Å². The van der Waals surface area contributed by atoms with Gasteiger partial charge in [-0.2, -0.15) is 0 Å². The molecule has 1 amide bonds. The summed E-state index contributed by atoms with van der Waals surface area (Å²) in [5.41, 5.74) is -1.10. The van der Waals surface area contributed by atoms with E-state index in [4.69, 9.17) is 0 Å². The molecule has 0 saturated carbocycles. The maximum atomic E-state index is 12.7. The molecule has 0 aliphatic carbocycles. The van der Waals surface area contributed by atoms with Gasteiger partial charge in [-0.3, -0.25) is 9.59 Å². The number of carbonyl (C=O) groups excluding carboxylic acids is 1. The zero-order valence-corrected chi connectivity index (χ0v) is 11.9. The van der Waals surface area contributed by atoms with Crippen molar-refractivity contribution in [3.8, 4) is 0 Å². The molecule has 0 spiro atoms. The van der Waals surface area contributed by atoms with Crippen LogP contribution < -0.4 is 5.32 Å². The van der Waals surface area contributed by atoms with Crippen LogP contribution in [0.15, 0.2) is 0 Å². The second kappa shape index (κ2) is 5.12. The second-order valence-corrected chi connectivity index (χ2v) is 6.51. The lowest BCUT2D eigenvalue weighted by molar-refractivity contribution is -0.156. The molecule has 0 bridgehead atoms. The van der Waals surface area contributed by atoms with Gasteiger partial charge in [-0.25, -0.2) is 0 Å². The van der Waals surface area contributed by atoms with Crippen LogP contribution in [0.5, 0.6) is 0 Å². The van der Waals surface area contributed by atoms with Crippen LogP contribution in [0.2, 0.25) is 0 Å². The van der Waals surface area contributed by atoms with Gasteiger partial charge in [0.15, 0.2) is 0 Å². The molecule has 108 valence electrons. The molecule has 0 aromatic carbocycles. The highest BCUT2D eigenvalue weighted by molar-refractivity contribution is 5.84. The lowest BCUT2D eigenvalue weighted by Gasteiger charge is -2.43. The van der Waals surface area contributed by atoms with Crippen LogP contribution in [0.1, 0.15) is 39.5 Å². The van der Waals surface area contributed by atoms with Crippen molar-refractivity contribution in [3.63, 3.8) is 0 Å². The fourth-order valence-corrected chi connectivity index (χ4v) is 3.16. The number of nitrogens with one attached hydrogen (secondary N) is 1. The Morgan fingerprint density at radius 2 is 1.74 bits per heavy atom. The number of hydrogen-bond donors (Lipinski definition) is 2. The van der Waals surface area contributed by atoms with Gasteiger partial charge < -0.3 is 15.3 Å². The Balaban J connectivity index is 2.08. The summed E-state index contributed by atoms with van der Waals surface area (Å²) in [6, 6.07) is 0. The van der Waals surface area contributed by atoms with Crippen molar-refractivity contribution in [3.05, 3.63) is 0 Å². The van der Waals surface area contributed by atoms with E-state index in [9.17, 15) is 14.7 Å². The van der Waals surface area contributed by atoms with E-state index in [1.807, 2.05) is 6.92 Å². The molecule has 5 heteroatoms. The van der Waals surface area contributed by atoms with Gasteiger partial charge in [0.2, 0.25) is 5.91 Å². The quantitative estimate of drug-likeness (QED) is 0.786. The van der Waals surface area contributed by atoms with Crippen LogP contribution in [-0.2, 0) is 9.59 Å². The second-order valence-electron chi connectivity index (χ2n) is 6.51. The van der Waals surface area contributed by atoms with Crippen LogP contribution in [-0.4, -0.2) is 48.1 Å². The number of amides is 1. The molecule has 2 rings (SSSR count). The number of aliphatic carboxylic acids is 1. The molecular formula is C14H24N2O3. The number of hydrogen-bond acceptors (Lipinski definition) is 3. The van der Waals surface area contributed by atoms with Crippen molar-refractivity contribution in [2.45, 2.75) is 39.5 Å². The first-order chi connectivity index (χ1) is 8.87. The van der Waals surface area contributed by atoms with Crippen molar-refractivity contribution in [2.75, 3.05) is 26.2 Å². The molecule has 5 nitrogen and oxygen atoms in total. The third-order valence-corrected chi connectivity index (χ3v) is 4.72. The Kier molecular flexibility index (Phi) is 3.85. The number of likely N-dealkylation sites (tertiary alicyclic amines) is 1. The molecule has 0 aromatic heterocycles. The minimum atomic E-state index is -0.791. The predicted octanol–water partition coefficient (Wildman–Crippen LogP) is 1.09. The average Bonchev–Trinajstić information content (AvgIpc) is 2.38. The standard InChI is InChI=1S/C14H24N2O3/c1-13(5-7-15-8-6-13)11(17)16-9-3-4-14(2,10-16)12(18)19/h15H,3-10H2,1-2H3,(H,18,19). The van der Waals surface area contributed by atoms with Gasteiger partial charge in [0, 0.05) is 18.5 Å². The lowest BCUT2D eigenvalue weighted by atomic mass is 9.77. The van der Waals surface area contributed by atoms with Crippen LogP contribution in [0, 0.1) is 10.8 Å². The van der Waals surface area contributed by atoms with E-state index in [1.54, 1.807) is 11.8 Å². The van der Waals surface area contributed by atoms with Gasteiger partial charge in [0.25, 0.3) is 0 Å². The highest BCUT2D eigenvalue weighted by Crippen LogP contribution is 2.35. The zero-order chi connectivity index (χ0) is 14.1. The number of nitrogens with zero attached hydrogens (tertiary/aromatic N) is 1. The topological polar surface area (TPSA) is 69.6 Å². The third kappa shape index (κ3) is 2.76. The summed E-state index contributed by atoms with van der Waals surface area (Å²) in [6.07, 6.45) is 3.12. The van der Waals surface area contributed by atoms with Gasteiger partial charge in [0.1, 0.15) is 0 Å². The van der Waals surface area contributed by atoms with Gasteiger partial charge in [-0.15, -0.1) is 0 Å². The fourth-order valence-electron chi connectivity index (χ4n) is 3.16. The molecular weight excluding hydrogens is 244 g/mol. The van der Waals surface area contributed by atoms with E-state index in [-0.39, 0.29) is 11.3 Å². The van der Waals surface area contributed by atoms with Crippen LogP contribution >= 0.6 is 0 Å². The summed E-state index contributed by atoms with van der Waals surface area (Å²) >= 11 is 0. The van der Waals surface area contributed by atoms with E-state index < -0.39 is 11.4 Å². The first-order valence-corrected chi connectivity index (χ1v) is 7.11. The highest BCUT2D eigenvalue weighted by atomic mass is 16.4. The molecule has 0 aromatic rings.